The zero-order valence-electron chi connectivity index (χ0n) is 14.7. The first kappa shape index (κ1) is 16.8. The van der Waals surface area contributed by atoms with E-state index in [1.807, 2.05) is 26.0 Å². The van der Waals surface area contributed by atoms with Crippen molar-refractivity contribution in [2.45, 2.75) is 13.8 Å². The smallest absolute Gasteiger partial charge is 0.270 e. The number of allylic oxidation sites excluding steroid dienone is 1. The Hall–Kier alpha value is -3.67. The summed E-state index contributed by atoms with van der Waals surface area (Å²) in [5, 5.41) is 10.9. The summed E-state index contributed by atoms with van der Waals surface area (Å²) in [6.45, 7) is 3.91. The van der Waals surface area contributed by atoms with Gasteiger partial charge in [-0.2, -0.15) is 0 Å². The van der Waals surface area contributed by atoms with Gasteiger partial charge in [0, 0.05) is 23.8 Å². The van der Waals surface area contributed by atoms with Crippen molar-refractivity contribution in [1.29, 1.82) is 0 Å². The van der Waals surface area contributed by atoms with Crippen molar-refractivity contribution in [3.63, 3.8) is 0 Å². The summed E-state index contributed by atoms with van der Waals surface area (Å²) >= 11 is 0. The molecule has 27 heavy (non-hydrogen) atoms. The summed E-state index contributed by atoms with van der Waals surface area (Å²) in [5.74, 6) is 1.44. The molecule has 4 rings (SSSR count). The number of ketones is 1. The molecule has 134 valence electrons. The van der Waals surface area contributed by atoms with Gasteiger partial charge in [-0.05, 0) is 49.2 Å². The summed E-state index contributed by atoms with van der Waals surface area (Å²) in [5.41, 5.74) is 3.18. The van der Waals surface area contributed by atoms with Crippen LogP contribution in [0.4, 0.5) is 5.69 Å². The molecule has 0 fully saturated rings. The molecule has 1 aromatic heterocycles. The number of ether oxygens (including phenoxy) is 1. The first-order valence-corrected chi connectivity index (χ1v) is 8.32. The molecule has 0 amide bonds. The minimum Gasteiger partial charge on any atom is -0.457 e. The highest BCUT2D eigenvalue weighted by Gasteiger charge is 2.28. The number of nitro groups is 1. The summed E-state index contributed by atoms with van der Waals surface area (Å²) in [4.78, 5) is 23.0. The topological polar surface area (TPSA) is 82.6 Å². The molecular formula is C21H15NO5. The highest BCUT2D eigenvalue weighted by atomic mass is 16.6. The van der Waals surface area contributed by atoms with E-state index in [4.69, 9.17) is 9.15 Å². The van der Waals surface area contributed by atoms with Crippen LogP contribution in [0.3, 0.4) is 0 Å². The summed E-state index contributed by atoms with van der Waals surface area (Å²) < 4.78 is 11.4. The van der Waals surface area contributed by atoms with E-state index in [9.17, 15) is 14.9 Å². The number of nitrogens with zero attached hydrogens (tertiary/aromatic N) is 1. The number of carbonyl (C=O) groups is 1. The van der Waals surface area contributed by atoms with Gasteiger partial charge in [0.15, 0.2) is 5.76 Å². The number of non-ortho nitro benzene ring substituents is 1. The van der Waals surface area contributed by atoms with Gasteiger partial charge in [0.05, 0.1) is 10.5 Å². The number of hydrogen-bond donors (Lipinski definition) is 0. The van der Waals surface area contributed by atoms with Crippen molar-refractivity contribution in [2.24, 2.45) is 0 Å². The molecular weight excluding hydrogens is 346 g/mol. The number of fused-ring (bicyclic) bond motifs is 1. The second-order valence-electron chi connectivity index (χ2n) is 6.38. The number of Topliss-reactive ketones (excluding diaryl/α,β-unsaturated/α-hetero) is 1. The van der Waals surface area contributed by atoms with Crippen molar-refractivity contribution in [3.05, 3.63) is 86.9 Å². The number of benzene rings is 2. The molecule has 0 unspecified atom stereocenters. The standard InChI is InChI=1S/C21H15NO5/c1-12-8-17-19(9-13(12)2)27-20(21(17)23)11-16-6-7-18(26-16)14-4-3-5-15(10-14)22(24)25/h3-11H,1-2H3/b20-11-. The average Bonchev–Trinajstić information content (AvgIpc) is 3.22. The maximum atomic E-state index is 12.6. The molecule has 2 heterocycles. The maximum absolute atomic E-state index is 12.6. The van der Waals surface area contributed by atoms with Crippen LogP contribution < -0.4 is 4.74 Å². The van der Waals surface area contributed by atoms with E-state index in [0.717, 1.165) is 11.1 Å². The van der Waals surface area contributed by atoms with Crippen LogP contribution in [0.5, 0.6) is 5.75 Å². The molecule has 0 saturated heterocycles. The number of rotatable bonds is 3. The Kier molecular flexibility index (Phi) is 3.88. The van der Waals surface area contributed by atoms with Gasteiger partial charge in [-0.15, -0.1) is 0 Å². The number of nitro benzene ring substituents is 1. The molecule has 0 radical (unpaired) electrons. The van der Waals surface area contributed by atoms with Crippen molar-refractivity contribution < 1.29 is 18.9 Å². The third kappa shape index (κ3) is 3.01. The van der Waals surface area contributed by atoms with Crippen LogP contribution >= 0.6 is 0 Å². The summed E-state index contributed by atoms with van der Waals surface area (Å²) in [7, 11) is 0. The lowest BCUT2D eigenvalue weighted by molar-refractivity contribution is -0.384. The van der Waals surface area contributed by atoms with Gasteiger partial charge < -0.3 is 9.15 Å². The molecule has 1 aliphatic rings. The fourth-order valence-corrected chi connectivity index (χ4v) is 2.93. The highest BCUT2D eigenvalue weighted by molar-refractivity contribution is 6.14. The quantitative estimate of drug-likeness (QED) is 0.369. The van der Waals surface area contributed by atoms with Gasteiger partial charge in [-0.1, -0.05) is 12.1 Å². The predicted molar refractivity (Wildman–Crippen MR) is 99.6 cm³/mol. The van der Waals surface area contributed by atoms with Crippen molar-refractivity contribution in [3.8, 4) is 17.1 Å². The third-order valence-electron chi connectivity index (χ3n) is 4.53. The maximum Gasteiger partial charge on any atom is 0.270 e. The van der Waals surface area contributed by atoms with Crippen molar-refractivity contribution >= 4 is 17.5 Å². The summed E-state index contributed by atoms with van der Waals surface area (Å²) in [6.07, 6.45) is 1.54. The van der Waals surface area contributed by atoms with E-state index in [2.05, 4.69) is 0 Å². The number of furan rings is 1. The highest BCUT2D eigenvalue weighted by Crippen LogP contribution is 2.34. The van der Waals surface area contributed by atoms with Gasteiger partial charge >= 0.3 is 0 Å². The molecule has 0 atom stereocenters. The molecule has 3 aromatic rings. The molecule has 0 spiro atoms. The van der Waals surface area contributed by atoms with Crippen LogP contribution in [0.15, 0.2) is 58.7 Å². The van der Waals surface area contributed by atoms with Crippen LogP contribution in [0.2, 0.25) is 0 Å². The van der Waals surface area contributed by atoms with Gasteiger partial charge in [0.25, 0.3) is 5.69 Å². The monoisotopic (exact) mass is 361 g/mol. The Morgan fingerprint density at radius 2 is 1.81 bits per heavy atom. The average molecular weight is 361 g/mol. The van der Waals surface area contributed by atoms with Crippen LogP contribution in [-0.2, 0) is 0 Å². The lowest BCUT2D eigenvalue weighted by Gasteiger charge is -2.02. The molecule has 1 aliphatic heterocycles. The van der Waals surface area contributed by atoms with Gasteiger partial charge in [-0.3, -0.25) is 14.9 Å². The van der Waals surface area contributed by atoms with E-state index >= 15 is 0 Å². The van der Waals surface area contributed by atoms with Crippen molar-refractivity contribution in [1.82, 2.24) is 0 Å². The Morgan fingerprint density at radius 1 is 1.04 bits per heavy atom. The SMILES string of the molecule is Cc1cc2c(cc1C)C(=O)/C(=C/c1ccc(-c3cccc([N+](=O)[O-])c3)o1)O2. The van der Waals surface area contributed by atoms with Crippen LogP contribution in [-0.4, -0.2) is 10.7 Å². The first-order chi connectivity index (χ1) is 12.9. The minimum atomic E-state index is -0.457. The molecule has 2 aromatic carbocycles. The molecule has 0 bridgehead atoms. The second kappa shape index (κ2) is 6.25. The zero-order chi connectivity index (χ0) is 19.1. The fraction of sp³-hybridized carbons (Fsp3) is 0.0952. The number of aryl methyl sites for hydroxylation is 2. The van der Waals surface area contributed by atoms with Gasteiger partial charge in [-0.25, -0.2) is 0 Å². The number of carbonyl (C=O) groups excluding carboxylic acids is 1. The Morgan fingerprint density at radius 3 is 2.59 bits per heavy atom. The normalized spacial score (nSPS) is 14.3. The molecule has 0 aliphatic carbocycles. The minimum absolute atomic E-state index is 0.0145. The lowest BCUT2D eigenvalue weighted by Crippen LogP contribution is -1.97. The third-order valence-corrected chi connectivity index (χ3v) is 4.53. The van der Waals surface area contributed by atoms with E-state index < -0.39 is 4.92 Å². The van der Waals surface area contributed by atoms with E-state index in [1.54, 1.807) is 24.3 Å². The van der Waals surface area contributed by atoms with Crippen LogP contribution in [0.25, 0.3) is 17.4 Å². The second-order valence-corrected chi connectivity index (χ2v) is 6.38. The zero-order valence-corrected chi connectivity index (χ0v) is 14.7. The Labute approximate surface area is 154 Å². The largest absolute Gasteiger partial charge is 0.457 e. The Bertz CT molecular complexity index is 1120. The predicted octanol–water partition coefficient (Wildman–Crippen LogP) is 5.09. The molecule has 6 nitrogen and oxygen atoms in total. The summed E-state index contributed by atoms with van der Waals surface area (Å²) in [6, 6.07) is 13.2. The van der Waals surface area contributed by atoms with E-state index in [-0.39, 0.29) is 17.2 Å². The lowest BCUT2D eigenvalue weighted by atomic mass is 10.0. The van der Waals surface area contributed by atoms with E-state index in [0.29, 0.717) is 28.4 Å². The Balaban J connectivity index is 1.64. The van der Waals surface area contributed by atoms with Gasteiger partial charge in [0.2, 0.25) is 5.78 Å². The molecule has 6 heteroatoms. The first-order valence-electron chi connectivity index (χ1n) is 8.32. The number of hydrogen-bond acceptors (Lipinski definition) is 5. The van der Waals surface area contributed by atoms with Crippen LogP contribution in [0.1, 0.15) is 27.2 Å². The molecule has 0 N–H and O–H groups in total. The van der Waals surface area contributed by atoms with Crippen molar-refractivity contribution in [2.75, 3.05) is 0 Å². The van der Waals surface area contributed by atoms with Gasteiger partial charge in [0.1, 0.15) is 17.3 Å². The fourth-order valence-electron chi connectivity index (χ4n) is 2.93. The van der Waals surface area contributed by atoms with E-state index in [1.165, 1.54) is 18.2 Å². The molecule has 0 saturated carbocycles. The van der Waals surface area contributed by atoms with Crippen LogP contribution in [0, 0.1) is 24.0 Å².